The molecule has 2 N–H and O–H groups in total. The summed E-state index contributed by atoms with van der Waals surface area (Å²) in [6, 6.07) is 8.45. The Labute approximate surface area is 145 Å². The van der Waals surface area contributed by atoms with Crippen molar-refractivity contribution in [2.24, 2.45) is 0 Å². The van der Waals surface area contributed by atoms with Gasteiger partial charge < -0.3 is 14.8 Å². The van der Waals surface area contributed by atoms with E-state index in [2.05, 4.69) is 10.1 Å². The first-order valence-electron chi connectivity index (χ1n) is 8.07. The fraction of sp³-hybridized carbons (Fsp3) is 0.278. The zero-order chi connectivity index (χ0) is 18.0. The molecule has 1 aromatic carbocycles. The number of carbonyl (C=O) groups is 1. The fourth-order valence-electron chi connectivity index (χ4n) is 2.87. The van der Waals surface area contributed by atoms with Gasteiger partial charge in [0.05, 0.1) is 30.0 Å². The summed E-state index contributed by atoms with van der Waals surface area (Å²) in [4.78, 5) is 16.0. The van der Waals surface area contributed by atoms with Crippen LogP contribution in [0, 0.1) is 6.92 Å². The van der Waals surface area contributed by atoms with Crippen molar-refractivity contribution in [2.75, 3.05) is 6.61 Å². The molecule has 1 atom stereocenters. The summed E-state index contributed by atoms with van der Waals surface area (Å²) < 4.78 is 3.31. The van der Waals surface area contributed by atoms with Gasteiger partial charge in [0.25, 0.3) is 0 Å². The van der Waals surface area contributed by atoms with E-state index in [-0.39, 0.29) is 0 Å². The standard InChI is InChI=1S/C18H20N4O3/c1-3-21-9-14(12(2)20-21)17-16(13-7-5-4-6-8-13)19-11-22(17)15(10-23)18(24)25/h4-9,11,15,23H,3,10H2,1-2H3,(H,24,25). The van der Waals surface area contributed by atoms with Crippen molar-refractivity contribution in [1.29, 1.82) is 0 Å². The lowest BCUT2D eigenvalue weighted by atomic mass is 10.0. The lowest BCUT2D eigenvalue weighted by Crippen LogP contribution is -2.22. The van der Waals surface area contributed by atoms with Gasteiger partial charge in [-0.3, -0.25) is 4.68 Å². The smallest absolute Gasteiger partial charge is 0.329 e. The highest BCUT2D eigenvalue weighted by molar-refractivity contribution is 5.82. The van der Waals surface area contributed by atoms with E-state index in [4.69, 9.17) is 0 Å². The monoisotopic (exact) mass is 340 g/mol. The van der Waals surface area contributed by atoms with Crippen LogP contribution in [-0.4, -0.2) is 42.1 Å². The summed E-state index contributed by atoms with van der Waals surface area (Å²) in [5.41, 5.74) is 3.77. The number of hydrogen-bond acceptors (Lipinski definition) is 4. The van der Waals surface area contributed by atoms with Crippen molar-refractivity contribution in [1.82, 2.24) is 19.3 Å². The number of imidazole rings is 1. The molecule has 0 amide bonds. The largest absolute Gasteiger partial charge is 0.480 e. The Hall–Kier alpha value is -2.93. The van der Waals surface area contributed by atoms with E-state index < -0.39 is 18.6 Å². The lowest BCUT2D eigenvalue weighted by molar-refractivity contribution is -0.142. The molecule has 2 aromatic heterocycles. The highest BCUT2D eigenvalue weighted by Crippen LogP contribution is 2.34. The van der Waals surface area contributed by atoms with E-state index in [1.54, 1.807) is 4.68 Å². The molecule has 0 aliphatic carbocycles. The number of aliphatic carboxylic acids is 1. The van der Waals surface area contributed by atoms with Crippen LogP contribution in [0.5, 0.6) is 0 Å². The quantitative estimate of drug-likeness (QED) is 0.718. The summed E-state index contributed by atoms with van der Waals surface area (Å²) >= 11 is 0. The Balaban J connectivity index is 2.26. The van der Waals surface area contributed by atoms with Gasteiger partial charge >= 0.3 is 5.97 Å². The predicted molar refractivity (Wildman–Crippen MR) is 93.1 cm³/mol. The Morgan fingerprint density at radius 3 is 2.56 bits per heavy atom. The van der Waals surface area contributed by atoms with Gasteiger partial charge in [0.15, 0.2) is 6.04 Å². The molecule has 0 bridgehead atoms. The number of aliphatic hydroxyl groups is 1. The zero-order valence-corrected chi connectivity index (χ0v) is 14.1. The first kappa shape index (κ1) is 16.9. The average Bonchev–Trinajstić information content (AvgIpc) is 3.19. The molecule has 0 saturated heterocycles. The van der Waals surface area contributed by atoms with Gasteiger partial charge in [-0.1, -0.05) is 30.3 Å². The fourth-order valence-corrected chi connectivity index (χ4v) is 2.87. The summed E-state index contributed by atoms with van der Waals surface area (Å²) in [6.45, 7) is 4.05. The molecular formula is C18H20N4O3. The minimum absolute atomic E-state index is 0.520. The maximum atomic E-state index is 11.6. The second-order valence-electron chi connectivity index (χ2n) is 5.74. The van der Waals surface area contributed by atoms with Crippen molar-refractivity contribution >= 4 is 5.97 Å². The molecule has 7 heteroatoms. The number of carboxylic acids is 1. The second-order valence-corrected chi connectivity index (χ2v) is 5.74. The maximum Gasteiger partial charge on any atom is 0.329 e. The van der Waals surface area contributed by atoms with Gasteiger partial charge in [-0.25, -0.2) is 9.78 Å². The molecular weight excluding hydrogens is 320 g/mol. The molecule has 0 saturated carbocycles. The highest BCUT2D eigenvalue weighted by Gasteiger charge is 2.26. The number of benzene rings is 1. The number of aryl methyl sites for hydroxylation is 2. The minimum atomic E-state index is -1.11. The lowest BCUT2D eigenvalue weighted by Gasteiger charge is -2.15. The third-order valence-corrected chi connectivity index (χ3v) is 4.16. The first-order chi connectivity index (χ1) is 12.1. The number of hydrogen-bond donors (Lipinski definition) is 2. The van der Waals surface area contributed by atoms with E-state index >= 15 is 0 Å². The van der Waals surface area contributed by atoms with Crippen LogP contribution in [0.2, 0.25) is 0 Å². The van der Waals surface area contributed by atoms with Crippen molar-refractivity contribution in [2.45, 2.75) is 26.4 Å². The Morgan fingerprint density at radius 1 is 1.28 bits per heavy atom. The SMILES string of the molecule is CCn1cc(-c2c(-c3ccccc3)ncn2C(CO)C(=O)O)c(C)n1. The Kier molecular flexibility index (Phi) is 4.67. The molecule has 130 valence electrons. The number of aromatic nitrogens is 4. The van der Waals surface area contributed by atoms with E-state index in [1.807, 2.05) is 50.4 Å². The van der Waals surface area contributed by atoms with Gasteiger partial charge in [0.1, 0.15) is 0 Å². The summed E-state index contributed by atoms with van der Waals surface area (Å²) in [7, 11) is 0. The van der Waals surface area contributed by atoms with Crippen LogP contribution in [0.25, 0.3) is 22.5 Å². The van der Waals surface area contributed by atoms with Crippen LogP contribution >= 0.6 is 0 Å². The average molecular weight is 340 g/mol. The van der Waals surface area contributed by atoms with E-state index in [9.17, 15) is 15.0 Å². The van der Waals surface area contributed by atoms with E-state index in [1.165, 1.54) is 10.9 Å². The summed E-state index contributed by atoms with van der Waals surface area (Å²) in [5.74, 6) is -1.11. The van der Waals surface area contributed by atoms with Crippen LogP contribution in [0.4, 0.5) is 0 Å². The number of aliphatic hydroxyl groups excluding tert-OH is 1. The number of carboxylic acid groups (broad SMARTS) is 1. The molecule has 0 aliphatic rings. The van der Waals surface area contributed by atoms with E-state index in [0.717, 1.165) is 16.8 Å². The zero-order valence-electron chi connectivity index (χ0n) is 14.1. The third kappa shape index (κ3) is 3.06. The second kappa shape index (κ2) is 6.90. The van der Waals surface area contributed by atoms with Crippen LogP contribution in [0.3, 0.4) is 0 Å². The Morgan fingerprint density at radius 2 is 2.00 bits per heavy atom. The molecule has 2 heterocycles. The number of nitrogens with zero attached hydrogens (tertiary/aromatic N) is 4. The molecule has 0 fully saturated rings. The summed E-state index contributed by atoms with van der Waals surface area (Å²) in [6.07, 6.45) is 3.35. The minimum Gasteiger partial charge on any atom is -0.480 e. The third-order valence-electron chi connectivity index (χ3n) is 4.16. The van der Waals surface area contributed by atoms with E-state index in [0.29, 0.717) is 17.9 Å². The molecule has 0 aliphatic heterocycles. The highest BCUT2D eigenvalue weighted by atomic mass is 16.4. The van der Waals surface area contributed by atoms with Crippen LogP contribution in [0.1, 0.15) is 18.7 Å². The van der Waals surface area contributed by atoms with Crippen molar-refractivity contribution in [3.05, 3.63) is 48.5 Å². The normalized spacial score (nSPS) is 12.3. The van der Waals surface area contributed by atoms with Gasteiger partial charge in [-0.05, 0) is 13.8 Å². The van der Waals surface area contributed by atoms with Crippen LogP contribution in [-0.2, 0) is 11.3 Å². The van der Waals surface area contributed by atoms with Gasteiger partial charge in [-0.2, -0.15) is 5.10 Å². The maximum absolute atomic E-state index is 11.6. The molecule has 3 rings (SSSR count). The first-order valence-corrected chi connectivity index (χ1v) is 8.07. The molecule has 3 aromatic rings. The van der Waals surface area contributed by atoms with Crippen LogP contribution < -0.4 is 0 Å². The van der Waals surface area contributed by atoms with Crippen molar-refractivity contribution < 1.29 is 15.0 Å². The van der Waals surface area contributed by atoms with Crippen molar-refractivity contribution in [3.63, 3.8) is 0 Å². The molecule has 0 spiro atoms. The Bertz CT molecular complexity index is 883. The molecule has 25 heavy (non-hydrogen) atoms. The van der Waals surface area contributed by atoms with Crippen molar-refractivity contribution in [3.8, 4) is 22.5 Å². The predicted octanol–water partition coefficient (Wildman–Crippen LogP) is 2.36. The topological polar surface area (TPSA) is 93.2 Å². The van der Waals surface area contributed by atoms with Gasteiger partial charge in [0.2, 0.25) is 0 Å². The molecule has 1 unspecified atom stereocenters. The molecule has 0 radical (unpaired) electrons. The van der Waals surface area contributed by atoms with Gasteiger partial charge in [-0.15, -0.1) is 0 Å². The summed E-state index contributed by atoms with van der Waals surface area (Å²) in [5, 5.41) is 23.5. The number of rotatable bonds is 6. The van der Waals surface area contributed by atoms with Gasteiger partial charge in [0, 0.05) is 23.9 Å². The van der Waals surface area contributed by atoms with Crippen LogP contribution in [0.15, 0.2) is 42.9 Å². The molecule has 7 nitrogen and oxygen atoms in total.